The molecule has 1 fully saturated rings. The quantitative estimate of drug-likeness (QED) is 0.611. The van der Waals surface area contributed by atoms with Gasteiger partial charge in [0, 0.05) is 11.2 Å². The largest absolute Gasteiger partial charge is 0.497 e. The number of rotatable bonds is 1. The summed E-state index contributed by atoms with van der Waals surface area (Å²) in [7, 11) is -0.380. The highest BCUT2D eigenvalue weighted by Gasteiger charge is 2.52. The first-order chi connectivity index (χ1) is 8.16. The first kappa shape index (κ1) is 13.4. The molecule has 0 saturated carbocycles. The molecule has 0 bridgehead atoms. The third-order valence-corrected chi connectivity index (χ3v) is 4.31. The summed E-state index contributed by atoms with van der Waals surface area (Å²) >= 11 is 0. The van der Waals surface area contributed by atoms with E-state index in [-0.39, 0.29) is 18.3 Å². The minimum absolute atomic E-state index is 0.333. The van der Waals surface area contributed by atoms with Gasteiger partial charge in [-0.15, -0.1) is 0 Å². The number of aryl methyl sites for hydroxylation is 1. The molecule has 1 aliphatic rings. The zero-order chi connectivity index (χ0) is 13.7. The predicted molar refractivity (Wildman–Crippen MR) is 76.0 cm³/mol. The molecular weight excluding hydrogens is 225 g/mol. The minimum atomic E-state index is -0.380. The third-order valence-electron chi connectivity index (χ3n) is 4.31. The fourth-order valence-electron chi connectivity index (χ4n) is 2.13. The molecule has 98 valence electrons. The lowest BCUT2D eigenvalue weighted by molar-refractivity contribution is 0.00578. The van der Waals surface area contributed by atoms with E-state index in [0.29, 0.717) is 0 Å². The average molecular weight is 247 g/mol. The summed E-state index contributed by atoms with van der Waals surface area (Å²) < 4.78 is 12.1. The Labute approximate surface area is 110 Å². The van der Waals surface area contributed by atoms with Crippen LogP contribution in [-0.2, 0) is 9.31 Å². The van der Waals surface area contributed by atoms with E-state index in [2.05, 4.69) is 13.8 Å². The Balaban J connectivity index is 2.44. The van der Waals surface area contributed by atoms with E-state index in [4.69, 9.17) is 15.0 Å². The smallest absolute Gasteiger partial charge is 0.399 e. The number of hydrogen-bond acceptors (Lipinski definition) is 3. The van der Waals surface area contributed by atoms with Crippen LogP contribution in [0.5, 0.6) is 0 Å². The van der Waals surface area contributed by atoms with Crippen LogP contribution in [0.15, 0.2) is 12.1 Å². The molecule has 1 aromatic rings. The van der Waals surface area contributed by atoms with Gasteiger partial charge in [0.2, 0.25) is 0 Å². The molecule has 2 rings (SSSR count). The second kappa shape index (κ2) is 4.00. The second-order valence-corrected chi connectivity index (χ2v) is 6.10. The van der Waals surface area contributed by atoms with Crippen LogP contribution in [0.1, 0.15) is 38.8 Å². The van der Waals surface area contributed by atoms with Crippen LogP contribution in [0.2, 0.25) is 0 Å². The van der Waals surface area contributed by atoms with Crippen molar-refractivity contribution < 1.29 is 9.31 Å². The van der Waals surface area contributed by atoms with Crippen LogP contribution in [0.4, 0.5) is 5.69 Å². The van der Waals surface area contributed by atoms with Crippen molar-refractivity contribution in [1.82, 2.24) is 0 Å². The SMILES string of the molecule is Cc1ccc(N)c(B2OC(C)(C)C(C)(C)O2)c1C. The zero-order valence-corrected chi connectivity index (χ0v) is 12.1. The molecule has 4 heteroatoms. The van der Waals surface area contributed by atoms with E-state index in [0.717, 1.165) is 16.7 Å². The summed E-state index contributed by atoms with van der Waals surface area (Å²) in [6, 6.07) is 3.95. The number of benzene rings is 1. The van der Waals surface area contributed by atoms with Crippen molar-refractivity contribution in [3.63, 3.8) is 0 Å². The first-order valence-electron chi connectivity index (χ1n) is 6.37. The minimum Gasteiger partial charge on any atom is -0.399 e. The maximum absolute atomic E-state index is 6.09. The zero-order valence-electron chi connectivity index (χ0n) is 12.1. The molecule has 0 aliphatic carbocycles. The Bertz CT molecular complexity index is 467. The number of nitrogen functional groups attached to an aromatic ring is 1. The van der Waals surface area contributed by atoms with Crippen molar-refractivity contribution in [3.05, 3.63) is 23.3 Å². The van der Waals surface area contributed by atoms with Crippen LogP contribution in [0.3, 0.4) is 0 Å². The maximum atomic E-state index is 6.09. The first-order valence-corrected chi connectivity index (χ1v) is 6.37. The predicted octanol–water partition coefficient (Wildman–Crippen LogP) is 2.18. The maximum Gasteiger partial charge on any atom is 0.497 e. The van der Waals surface area contributed by atoms with E-state index >= 15 is 0 Å². The van der Waals surface area contributed by atoms with E-state index in [1.807, 2.05) is 39.8 Å². The highest BCUT2D eigenvalue weighted by molar-refractivity contribution is 6.64. The van der Waals surface area contributed by atoms with Crippen LogP contribution < -0.4 is 11.2 Å². The second-order valence-electron chi connectivity index (χ2n) is 6.10. The summed E-state index contributed by atoms with van der Waals surface area (Å²) in [5, 5.41) is 0. The van der Waals surface area contributed by atoms with Crippen molar-refractivity contribution in [2.75, 3.05) is 5.73 Å². The number of anilines is 1. The molecule has 2 N–H and O–H groups in total. The molecule has 3 nitrogen and oxygen atoms in total. The van der Waals surface area contributed by atoms with Crippen LogP contribution in [0, 0.1) is 13.8 Å². The molecule has 0 aromatic heterocycles. The van der Waals surface area contributed by atoms with E-state index in [9.17, 15) is 0 Å². The Morgan fingerprint density at radius 3 is 2.00 bits per heavy atom. The molecule has 0 amide bonds. The van der Waals surface area contributed by atoms with Gasteiger partial charge in [0.25, 0.3) is 0 Å². The van der Waals surface area contributed by atoms with Crippen LogP contribution in [-0.4, -0.2) is 18.3 Å². The monoisotopic (exact) mass is 247 g/mol. The van der Waals surface area contributed by atoms with Crippen molar-refractivity contribution in [3.8, 4) is 0 Å². The van der Waals surface area contributed by atoms with Crippen molar-refractivity contribution in [2.45, 2.75) is 52.7 Å². The molecule has 1 aromatic carbocycles. The summed E-state index contributed by atoms with van der Waals surface area (Å²) in [6.45, 7) is 12.3. The van der Waals surface area contributed by atoms with Crippen molar-refractivity contribution in [1.29, 1.82) is 0 Å². The molecule has 0 spiro atoms. The summed E-state index contributed by atoms with van der Waals surface area (Å²) in [5.41, 5.74) is 9.47. The highest BCUT2D eigenvalue weighted by Crippen LogP contribution is 2.37. The summed E-state index contributed by atoms with van der Waals surface area (Å²) in [5.74, 6) is 0. The molecule has 0 radical (unpaired) electrons. The topological polar surface area (TPSA) is 44.5 Å². The van der Waals surface area contributed by atoms with Gasteiger partial charge in [-0.2, -0.15) is 0 Å². The van der Waals surface area contributed by atoms with Gasteiger partial charge in [-0.05, 0) is 58.7 Å². The van der Waals surface area contributed by atoms with Crippen molar-refractivity contribution >= 4 is 18.3 Å². The van der Waals surface area contributed by atoms with E-state index < -0.39 is 0 Å². The summed E-state index contributed by atoms with van der Waals surface area (Å²) in [4.78, 5) is 0. The van der Waals surface area contributed by atoms with Gasteiger partial charge in [-0.1, -0.05) is 6.07 Å². The van der Waals surface area contributed by atoms with E-state index in [1.54, 1.807) is 0 Å². The van der Waals surface area contributed by atoms with Crippen LogP contribution >= 0.6 is 0 Å². The van der Waals surface area contributed by atoms with Gasteiger partial charge < -0.3 is 15.0 Å². The van der Waals surface area contributed by atoms with Gasteiger partial charge in [0.05, 0.1) is 11.2 Å². The standard InChI is InChI=1S/C14H22BNO2/c1-9-7-8-11(16)12(10(9)2)15-17-13(3,4)14(5,6)18-15/h7-8H,16H2,1-6H3. The Hall–Kier alpha value is -0.995. The molecule has 0 unspecified atom stereocenters. The normalized spacial score (nSPS) is 21.3. The lowest BCUT2D eigenvalue weighted by Gasteiger charge is -2.32. The Kier molecular flexibility index (Phi) is 2.99. The Morgan fingerprint density at radius 2 is 1.50 bits per heavy atom. The fraction of sp³-hybridized carbons (Fsp3) is 0.571. The molecule has 1 heterocycles. The molecule has 18 heavy (non-hydrogen) atoms. The van der Waals surface area contributed by atoms with Gasteiger partial charge >= 0.3 is 7.12 Å². The number of hydrogen-bond donors (Lipinski definition) is 1. The highest BCUT2D eigenvalue weighted by atomic mass is 16.7. The third kappa shape index (κ3) is 1.93. The van der Waals surface area contributed by atoms with Crippen molar-refractivity contribution in [2.24, 2.45) is 0 Å². The lowest BCUT2D eigenvalue weighted by Crippen LogP contribution is -2.41. The van der Waals surface area contributed by atoms with Crippen LogP contribution in [0.25, 0.3) is 0 Å². The Morgan fingerprint density at radius 1 is 1.00 bits per heavy atom. The molecule has 1 saturated heterocycles. The van der Waals surface area contributed by atoms with E-state index in [1.165, 1.54) is 5.56 Å². The lowest BCUT2D eigenvalue weighted by atomic mass is 9.74. The number of nitrogens with two attached hydrogens (primary N) is 1. The van der Waals surface area contributed by atoms with Gasteiger partial charge in [0.1, 0.15) is 0 Å². The fourth-order valence-corrected chi connectivity index (χ4v) is 2.13. The molecular formula is C14H22BNO2. The average Bonchev–Trinajstić information content (AvgIpc) is 2.43. The molecule has 1 aliphatic heterocycles. The van der Waals surface area contributed by atoms with Gasteiger partial charge in [-0.25, -0.2) is 0 Å². The van der Waals surface area contributed by atoms with Gasteiger partial charge in [0.15, 0.2) is 0 Å². The summed E-state index contributed by atoms with van der Waals surface area (Å²) in [6.07, 6.45) is 0. The molecule has 0 atom stereocenters. The van der Waals surface area contributed by atoms with Gasteiger partial charge in [-0.3, -0.25) is 0 Å².